The van der Waals surface area contributed by atoms with E-state index >= 15 is 0 Å². The van der Waals surface area contributed by atoms with E-state index < -0.39 is 7.12 Å². The van der Waals surface area contributed by atoms with Crippen LogP contribution in [0.5, 0.6) is 0 Å². The van der Waals surface area contributed by atoms with E-state index in [2.05, 4.69) is 110 Å². The van der Waals surface area contributed by atoms with Gasteiger partial charge in [0.1, 0.15) is 0 Å². The summed E-state index contributed by atoms with van der Waals surface area (Å²) in [6.07, 6.45) is 0. The zero-order chi connectivity index (χ0) is 26.6. The second kappa shape index (κ2) is 193. The van der Waals surface area contributed by atoms with Crippen molar-refractivity contribution in [2.24, 2.45) is 0 Å². The molecular formula is C18H57BI5O2SnV2. The molecule has 0 heterocycles. The van der Waals surface area contributed by atoms with Crippen molar-refractivity contribution in [1.29, 1.82) is 0 Å². The topological polar surface area (TPSA) is 40.5 Å². The van der Waals surface area contributed by atoms with Gasteiger partial charge in [0.2, 0.25) is 0 Å². The summed E-state index contributed by atoms with van der Waals surface area (Å²) in [5, 5.41) is 15.2. The van der Waals surface area contributed by atoms with Crippen molar-refractivity contribution in [1.82, 2.24) is 0 Å². The summed E-state index contributed by atoms with van der Waals surface area (Å²) in [6, 6.07) is 0. The van der Waals surface area contributed by atoms with Crippen molar-refractivity contribution in [2.75, 3.05) is 0 Å². The van der Waals surface area contributed by atoms with Crippen LogP contribution in [-0.2, 0) is 14.4 Å². The molecule has 0 aromatic carbocycles. The SMILES string of the molecule is C.CB(O)O.CC.CC.CC.CC.CC.CC.CC.[CH3][Sn][CH3].[I][V]([I])[I].[I][V][I]. The Hall–Kier alpha value is 5.60. The van der Waals surface area contributed by atoms with Crippen LogP contribution >= 0.6 is 99.9 Å². The van der Waals surface area contributed by atoms with Gasteiger partial charge in [0.05, 0.1) is 0 Å². The predicted molar refractivity (Wildman–Crippen MR) is 190 cm³/mol. The number of halogens is 5. The molecule has 0 fully saturated rings. The Morgan fingerprint density at radius 3 is 0.621 bits per heavy atom. The normalized spacial score (nSPS) is 4.72. The van der Waals surface area contributed by atoms with Crippen LogP contribution in [0.25, 0.3) is 0 Å². The molecule has 0 unspecified atom stereocenters. The van der Waals surface area contributed by atoms with Crippen LogP contribution in [-0.4, -0.2) is 38.3 Å². The summed E-state index contributed by atoms with van der Waals surface area (Å²) in [4.78, 5) is 4.31. The molecule has 29 heavy (non-hydrogen) atoms. The molecule has 0 aliphatic heterocycles. The molecule has 0 saturated heterocycles. The first-order valence-corrected chi connectivity index (χ1v) is 38.2. The molecule has 0 aromatic heterocycles. The van der Waals surface area contributed by atoms with Gasteiger partial charge < -0.3 is 10.0 Å². The molecule has 0 aliphatic carbocycles. The molecule has 0 rings (SSSR count). The molecule has 0 spiro atoms. The summed E-state index contributed by atoms with van der Waals surface area (Å²) in [7, 11) is -0.539. The van der Waals surface area contributed by atoms with Crippen LogP contribution in [0.1, 0.15) is 104 Å². The fourth-order valence-electron chi connectivity index (χ4n) is 0. The van der Waals surface area contributed by atoms with Crippen LogP contribution in [0.2, 0.25) is 16.7 Å². The first-order valence-electron chi connectivity index (χ1n) is 9.94. The molecule has 0 aromatic rings. The van der Waals surface area contributed by atoms with Crippen LogP contribution in [0.4, 0.5) is 0 Å². The van der Waals surface area contributed by atoms with E-state index in [1.54, 1.807) is 0 Å². The third-order valence-electron chi connectivity index (χ3n) is 0. The Morgan fingerprint density at radius 2 is 0.621 bits per heavy atom. The minimum atomic E-state index is -1.17. The molecule has 0 aliphatic rings. The van der Waals surface area contributed by atoms with E-state index in [0.717, 1.165) is 0 Å². The first-order chi connectivity index (χ1) is 13.3. The minimum absolute atomic E-state index is 0. The van der Waals surface area contributed by atoms with Gasteiger partial charge in [-0.25, -0.2) is 0 Å². The van der Waals surface area contributed by atoms with Crippen molar-refractivity contribution in [3.8, 4) is 0 Å². The van der Waals surface area contributed by atoms with Crippen molar-refractivity contribution in [2.45, 2.75) is 121 Å². The van der Waals surface area contributed by atoms with Crippen molar-refractivity contribution in [3.63, 3.8) is 0 Å². The van der Waals surface area contributed by atoms with E-state index in [-0.39, 0.29) is 33.5 Å². The number of rotatable bonds is 0. The van der Waals surface area contributed by atoms with Gasteiger partial charge in [-0.05, 0) is 6.82 Å². The Balaban J connectivity index is -0.0000000111. The molecule has 193 valence electrons. The van der Waals surface area contributed by atoms with Crippen LogP contribution in [0, 0.1) is 0 Å². The summed E-state index contributed by atoms with van der Waals surface area (Å²) in [5.41, 5.74) is 0. The first kappa shape index (κ1) is 76.5. The number of hydrogen-bond acceptors (Lipinski definition) is 2. The van der Waals surface area contributed by atoms with Gasteiger partial charge in [-0.1, -0.05) is 104 Å². The predicted octanol–water partition coefficient (Wildman–Crippen LogP) is 12.1. The van der Waals surface area contributed by atoms with E-state index in [9.17, 15) is 0 Å². The zero-order valence-corrected chi connectivity index (χ0v) is 38.2. The molecule has 2 N–H and O–H groups in total. The maximum atomic E-state index is 7.61. The summed E-state index contributed by atoms with van der Waals surface area (Å²) in [5.74, 6) is 0. The van der Waals surface area contributed by atoms with Crippen molar-refractivity contribution < 1.29 is 24.4 Å². The number of hydrogen-bond donors (Lipinski definition) is 2. The second-order valence-electron chi connectivity index (χ2n) is 1.39. The average Bonchev–Trinajstić information content (AvgIpc) is 2.73. The summed E-state index contributed by atoms with van der Waals surface area (Å²) in [6.45, 7) is 29.3. The Labute approximate surface area is 268 Å². The fraction of sp³-hybridized carbons (Fsp3) is 1.00. The third-order valence-corrected chi connectivity index (χ3v) is 0. The second-order valence-corrected chi connectivity index (χ2v) is 51.4. The third kappa shape index (κ3) is 1070. The molecule has 2 radical (unpaired) electrons. The molecule has 11 heteroatoms. The average molecular weight is 1170 g/mol. The van der Waals surface area contributed by atoms with Gasteiger partial charge in [-0.15, -0.1) is 0 Å². The monoisotopic (exact) mass is 1170 g/mol. The van der Waals surface area contributed by atoms with Gasteiger partial charge in [0.25, 0.3) is 0 Å². The van der Waals surface area contributed by atoms with Crippen molar-refractivity contribution in [3.05, 3.63) is 0 Å². The van der Waals surface area contributed by atoms with Gasteiger partial charge in [-0.2, -0.15) is 0 Å². The fourth-order valence-corrected chi connectivity index (χ4v) is 0. The molecule has 0 saturated carbocycles. The quantitative estimate of drug-likeness (QED) is 0.187. The molecule has 0 amide bonds. The Kier molecular flexibility index (Phi) is 509. The molecule has 0 atom stereocenters. The van der Waals surface area contributed by atoms with Crippen molar-refractivity contribution >= 4 is 128 Å². The maximum absolute atomic E-state index is 7.61. The zero-order valence-electron chi connectivity index (χ0n) is 21.8. The Bertz CT molecular complexity index is 80.7. The van der Waals surface area contributed by atoms with Gasteiger partial charge in [-0.3, -0.25) is 0 Å². The van der Waals surface area contributed by atoms with Gasteiger partial charge >= 0.3 is 152 Å². The van der Waals surface area contributed by atoms with Gasteiger partial charge in [0.15, 0.2) is 0 Å². The van der Waals surface area contributed by atoms with Gasteiger partial charge in [0, 0.05) is 0 Å². The van der Waals surface area contributed by atoms with Crippen LogP contribution in [0.15, 0.2) is 0 Å². The van der Waals surface area contributed by atoms with E-state index in [1.807, 2.05) is 96.9 Å². The van der Waals surface area contributed by atoms with E-state index in [4.69, 9.17) is 10.0 Å². The van der Waals surface area contributed by atoms with E-state index in [0.29, 0.717) is 9.47 Å². The molecular weight excluding hydrogens is 1110 g/mol. The summed E-state index contributed by atoms with van der Waals surface area (Å²) < 4.78 is 0. The standard InChI is InChI=1S/7C2H6.CH5BO2.CH4.2CH3.5HI.Sn.2V/c7*1-2;1-2(3)4;;;;;;;;;;;/h7*1-2H3;3-4H,1H3;1H4;2*1H3;5*1H;;;/q;;;;;;;;;;;;;;;;;+2;+3/p-5. The summed E-state index contributed by atoms with van der Waals surface area (Å²) >= 11 is 12.4. The van der Waals surface area contributed by atoms with Crippen LogP contribution in [0.3, 0.4) is 0 Å². The van der Waals surface area contributed by atoms with E-state index in [1.165, 1.54) is 6.82 Å². The molecule has 2 nitrogen and oxygen atoms in total. The van der Waals surface area contributed by atoms with Crippen LogP contribution < -0.4 is 0 Å². The Morgan fingerprint density at radius 1 is 0.621 bits per heavy atom. The molecule has 0 bridgehead atoms.